The lowest BCUT2D eigenvalue weighted by Crippen LogP contribution is -2.58. The van der Waals surface area contributed by atoms with Crippen molar-refractivity contribution in [2.75, 3.05) is 27.9 Å². The van der Waals surface area contributed by atoms with Crippen molar-refractivity contribution in [1.29, 1.82) is 0 Å². The molecular weight excluding hydrogens is 258 g/mol. The molecule has 0 bridgehead atoms. The monoisotopic (exact) mass is 279 g/mol. The van der Waals surface area contributed by atoms with Gasteiger partial charge in [-0.3, -0.25) is 4.65 Å². The maximum Gasteiger partial charge on any atom is 0.588 e. The molecule has 0 fully saturated rings. The number of carbonyl (C=O) groups excluding carboxylic acids is 1. The van der Waals surface area contributed by atoms with Crippen LogP contribution in [0.4, 0.5) is 0 Å². The lowest BCUT2D eigenvalue weighted by Gasteiger charge is -2.24. The first-order valence-electron chi connectivity index (χ1n) is 5.33. The second-order valence-electron chi connectivity index (χ2n) is 3.17. The summed E-state index contributed by atoms with van der Waals surface area (Å²) in [6, 6.07) is 0.968. The van der Waals surface area contributed by atoms with E-state index in [-0.39, 0.29) is 5.97 Å². The number of hydrogen-bond donors (Lipinski definition) is 1. The van der Waals surface area contributed by atoms with Gasteiger partial charge in [-0.25, -0.2) is 4.79 Å². The van der Waals surface area contributed by atoms with Crippen molar-refractivity contribution in [3.63, 3.8) is 0 Å². The summed E-state index contributed by atoms with van der Waals surface area (Å²) < 4.78 is 23.7. The summed E-state index contributed by atoms with van der Waals surface area (Å²) in [5, 5.41) is 0. The predicted octanol–water partition coefficient (Wildman–Crippen LogP) is -0.428. The van der Waals surface area contributed by atoms with Gasteiger partial charge in [-0.15, -0.1) is 0 Å². The molecule has 6 nitrogen and oxygen atoms in total. The quantitative estimate of drug-likeness (QED) is 0.253. The van der Waals surface area contributed by atoms with Crippen molar-refractivity contribution in [1.82, 2.24) is 4.65 Å². The van der Waals surface area contributed by atoms with E-state index in [9.17, 15) is 4.79 Å². The minimum absolute atomic E-state index is 0.381. The van der Waals surface area contributed by atoms with E-state index in [1.165, 1.54) is 0 Å². The third-order valence-electron chi connectivity index (χ3n) is 2.13. The summed E-state index contributed by atoms with van der Waals surface area (Å²) in [6.07, 6.45) is 1.98. The molecule has 0 spiro atoms. The number of rotatable bonds is 10. The van der Waals surface area contributed by atoms with E-state index in [2.05, 4.69) is 11.2 Å². The summed E-state index contributed by atoms with van der Waals surface area (Å²) in [5.41, 5.74) is 0. The molecule has 0 radical (unpaired) electrons. The van der Waals surface area contributed by atoms with Crippen LogP contribution in [0.5, 0.6) is 0 Å². The Balaban J connectivity index is 3.62. The van der Waals surface area contributed by atoms with Crippen molar-refractivity contribution < 1.29 is 22.8 Å². The highest BCUT2D eigenvalue weighted by Crippen LogP contribution is 2.01. The number of ether oxygens (including phenoxy) is 1. The molecule has 0 saturated carbocycles. The van der Waals surface area contributed by atoms with Gasteiger partial charge in [0.1, 0.15) is 0 Å². The molecule has 0 aliphatic carbocycles. The third-order valence-corrected chi connectivity index (χ3v) is 7.33. The lowest BCUT2D eigenvalue weighted by atomic mass is 10.5. The van der Waals surface area contributed by atoms with Gasteiger partial charge in [-0.2, -0.15) is 0 Å². The molecule has 0 rings (SSSR count). The third kappa shape index (κ3) is 6.71. The second-order valence-corrected chi connectivity index (χ2v) is 8.13. The standard InChI is InChI=1S/C9H21NO5Si2/c1-5-9(11)15-7-6-8-16-10-17(12-2,13-3)14-4/h5,10H,1,6-8,16H2,2-4H3. The average Bonchev–Trinajstić information content (AvgIpc) is 2.38. The van der Waals surface area contributed by atoms with Crippen LogP contribution >= 0.6 is 0 Å². The minimum atomic E-state index is -2.62. The van der Waals surface area contributed by atoms with E-state index >= 15 is 0 Å². The molecule has 17 heavy (non-hydrogen) atoms. The maximum absolute atomic E-state index is 10.7. The minimum Gasteiger partial charge on any atom is -0.463 e. The second kappa shape index (κ2) is 9.51. The van der Waals surface area contributed by atoms with Crippen LogP contribution in [0.2, 0.25) is 6.04 Å². The Labute approximate surface area is 106 Å². The van der Waals surface area contributed by atoms with Crippen LogP contribution in [0.25, 0.3) is 0 Å². The van der Waals surface area contributed by atoms with Crippen molar-refractivity contribution in [3.8, 4) is 0 Å². The summed E-state index contributed by atoms with van der Waals surface area (Å²) in [5.74, 6) is -0.381. The van der Waals surface area contributed by atoms with Crippen LogP contribution in [-0.2, 0) is 22.8 Å². The Kier molecular flexibility index (Phi) is 9.22. The molecule has 0 aliphatic heterocycles. The van der Waals surface area contributed by atoms with E-state index in [1.54, 1.807) is 21.3 Å². The van der Waals surface area contributed by atoms with Gasteiger partial charge in [0.2, 0.25) is 0 Å². The first-order chi connectivity index (χ1) is 8.14. The number of hydrogen-bond acceptors (Lipinski definition) is 6. The van der Waals surface area contributed by atoms with Crippen molar-refractivity contribution in [2.24, 2.45) is 0 Å². The van der Waals surface area contributed by atoms with Crippen molar-refractivity contribution in [2.45, 2.75) is 12.5 Å². The van der Waals surface area contributed by atoms with Gasteiger partial charge >= 0.3 is 14.9 Å². The largest absolute Gasteiger partial charge is 0.588 e. The molecule has 100 valence electrons. The Hall–Kier alpha value is -0.516. The van der Waals surface area contributed by atoms with Crippen LogP contribution in [0.3, 0.4) is 0 Å². The highest BCUT2D eigenvalue weighted by atomic mass is 28.4. The van der Waals surface area contributed by atoms with Crippen molar-refractivity contribution >= 4 is 24.6 Å². The molecule has 0 atom stereocenters. The lowest BCUT2D eigenvalue weighted by molar-refractivity contribution is -0.137. The Morgan fingerprint density at radius 1 is 1.35 bits per heavy atom. The van der Waals surface area contributed by atoms with E-state index in [1.807, 2.05) is 0 Å². The number of carbonyl (C=O) groups is 1. The molecule has 0 unspecified atom stereocenters. The van der Waals surface area contributed by atoms with Gasteiger partial charge in [0.05, 0.1) is 16.3 Å². The van der Waals surface area contributed by atoms with Crippen molar-refractivity contribution in [3.05, 3.63) is 12.7 Å². The molecule has 1 N–H and O–H groups in total. The summed E-state index contributed by atoms with van der Waals surface area (Å²) in [6.45, 7) is 3.74. The number of nitrogens with one attached hydrogen (secondary N) is 1. The van der Waals surface area contributed by atoms with E-state index in [0.717, 1.165) is 18.5 Å². The van der Waals surface area contributed by atoms with Crippen LogP contribution in [0.15, 0.2) is 12.7 Å². The fraction of sp³-hybridized carbons (Fsp3) is 0.667. The normalized spacial score (nSPS) is 11.9. The molecule has 0 aromatic heterocycles. The van der Waals surface area contributed by atoms with Crippen LogP contribution < -0.4 is 4.65 Å². The summed E-state index contributed by atoms with van der Waals surface area (Å²) in [4.78, 5) is 10.7. The van der Waals surface area contributed by atoms with E-state index in [4.69, 9.17) is 18.0 Å². The first kappa shape index (κ1) is 16.5. The highest BCUT2D eigenvalue weighted by molar-refractivity contribution is 6.66. The zero-order valence-electron chi connectivity index (χ0n) is 10.7. The smallest absolute Gasteiger partial charge is 0.463 e. The molecule has 8 heteroatoms. The topological polar surface area (TPSA) is 66.0 Å². The zero-order valence-corrected chi connectivity index (χ0v) is 13.1. The molecular formula is C9H21NO5Si2. The van der Waals surface area contributed by atoms with E-state index < -0.39 is 18.6 Å². The van der Waals surface area contributed by atoms with Crippen LogP contribution in [0, 0.1) is 0 Å². The fourth-order valence-corrected chi connectivity index (χ4v) is 5.78. The van der Waals surface area contributed by atoms with Crippen LogP contribution in [0.1, 0.15) is 6.42 Å². The SMILES string of the molecule is C=CC(=O)OCCC[SiH2]N[Si](OC)(OC)OC. The van der Waals surface area contributed by atoms with E-state index in [0.29, 0.717) is 6.61 Å². The van der Waals surface area contributed by atoms with Gasteiger partial charge in [-0.1, -0.05) is 6.58 Å². The molecule has 0 heterocycles. The van der Waals surface area contributed by atoms with Gasteiger partial charge < -0.3 is 18.0 Å². The molecule has 0 aromatic carbocycles. The maximum atomic E-state index is 10.7. The Morgan fingerprint density at radius 3 is 2.41 bits per heavy atom. The number of esters is 1. The summed E-state index contributed by atoms with van der Waals surface area (Å²) in [7, 11) is 1.51. The Bertz CT molecular complexity index is 227. The Morgan fingerprint density at radius 2 is 1.94 bits per heavy atom. The van der Waals surface area contributed by atoms with Gasteiger partial charge in [0, 0.05) is 27.4 Å². The molecule has 0 aromatic rings. The summed E-state index contributed by atoms with van der Waals surface area (Å²) >= 11 is 0. The first-order valence-corrected chi connectivity index (χ1v) is 8.77. The molecule has 0 saturated heterocycles. The molecule has 0 aliphatic rings. The van der Waals surface area contributed by atoms with Crippen LogP contribution in [-0.4, -0.2) is 52.6 Å². The fourth-order valence-electron chi connectivity index (χ4n) is 1.17. The van der Waals surface area contributed by atoms with Gasteiger partial charge in [0.25, 0.3) is 0 Å². The van der Waals surface area contributed by atoms with Gasteiger partial charge in [-0.05, 0) is 12.5 Å². The molecule has 0 amide bonds. The zero-order chi connectivity index (χ0) is 13.1. The average molecular weight is 279 g/mol. The van der Waals surface area contributed by atoms with Gasteiger partial charge in [0.15, 0.2) is 0 Å². The predicted molar refractivity (Wildman–Crippen MR) is 69.0 cm³/mol. The highest BCUT2D eigenvalue weighted by Gasteiger charge is 2.37.